The van der Waals surface area contributed by atoms with Crippen LogP contribution in [-0.4, -0.2) is 30.8 Å². The maximum Gasteiger partial charge on any atom is 0.270 e. The Kier molecular flexibility index (Phi) is 4.85. The van der Waals surface area contributed by atoms with Crippen molar-refractivity contribution in [2.75, 3.05) is 13.1 Å². The van der Waals surface area contributed by atoms with Crippen LogP contribution in [0.5, 0.6) is 0 Å². The van der Waals surface area contributed by atoms with Crippen LogP contribution in [0.2, 0.25) is 0 Å². The van der Waals surface area contributed by atoms with Crippen LogP contribution in [0.15, 0.2) is 34.2 Å². The third-order valence-corrected chi connectivity index (χ3v) is 7.48. The lowest BCUT2D eigenvalue weighted by molar-refractivity contribution is 0.387. The van der Waals surface area contributed by atoms with Crippen molar-refractivity contribution in [3.8, 4) is 0 Å². The number of nitrogens with zero attached hydrogens (tertiary/aromatic N) is 2. The molecule has 1 aromatic heterocycles. The molecule has 2 heterocycles. The minimum Gasteiger partial charge on any atom is -0.229 e. The molecule has 1 aromatic carbocycles. The number of aromatic nitrogens is 1. The Bertz CT molecular complexity index is 858. The molecule has 0 unspecified atom stereocenters. The van der Waals surface area contributed by atoms with Crippen LogP contribution in [0, 0.1) is 19.7 Å². The Hall–Kier alpha value is -1.57. The number of aryl methyl sites for hydroxylation is 2. The molecule has 1 aliphatic heterocycles. The van der Waals surface area contributed by atoms with Gasteiger partial charge < -0.3 is 0 Å². The summed E-state index contributed by atoms with van der Waals surface area (Å²) in [6.07, 6.45) is 3.25. The van der Waals surface area contributed by atoms with Crippen molar-refractivity contribution in [3.63, 3.8) is 0 Å². The zero-order chi connectivity index (χ0) is 17.3. The molecule has 1 saturated heterocycles. The lowest BCUT2D eigenvalue weighted by Gasteiger charge is -2.26. The topological polar surface area (TPSA) is 50.3 Å². The van der Waals surface area contributed by atoms with E-state index in [0.29, 0.717) is 25.9 Å². The molecular weight excluding hydrogens is 347 g/mol. The normalized spacial score (nSPS) is 16.4. The van der Waals surface area contributed by atoms with Crippen LogP contribution in [-0.2, 0) is 10.0 Å². The van der Waals surface area contributed by atoms with Gasteiger partial charge in [0.25, 0.3) is 10.0 Å². The number of thiazole rings is 1. The van der Waals surface area contributed by atoms with Gasteiger partial charge in [0.2, 0.25) is 4.34 Å². The quantitative estimate of drug-likeness (QED) is 0.831. The van der Waals surface area contributed by atoms with Crippen LogP contribution < -0.4 is 0 Å². The van der Waals surface area contributed by atoms with E-state index in [1.54, 1.807) is 6.07 Å². The Balaban J connectivity index is 1.72. The van der Waals surface area contributed by atoms with Gasteiger partial charge in [0.15, 0.2) is 0 Å². The van der Waals surface area contributed by atoms with Crippen molar-refractivity contribution in [1.82, 2.24) is 9.29 Å². The van der Waals surface area contributed by atoms with Crippen molar-refractivity contribution in [3.05, 3.63) is 51.8 Å². The molecule has 7 heteroatoms. The summed E-state index contributed by atoms with van der Waals surface area (Å²) in [7, 11) is -3.51. The fourth-order valence-electron chi connectivity index (χ4n) is 2.65. The molecule has 128 valence electrons. The van der Waals surface area contributed by atoms with Gasteiger partial charge in [-0.05, 0) is 44.4 Å². The number of hydrogen-bond acceptors (Lipinski definition) is 4. The molecule has 0 saturated carbocycles. The first-order valence-corrected chi connectivity index (χ1v) is 10.0. The predicted octanol–water partition coefficient (Wildman–Crippen LogP) is 3.77. The van der Waals surface area contributed by atoms with Gasteiger partial charge in [-0.25, -0.2) is 17.8 Å². The van der Waals surface area contributed by atoms with Gasteiger partial charge in [0, 0.05) is 18.0 Å². The maximum atomic E-state index is 13.2. The smallest absolute Gasteiger partial charge is 0.229 e. The molecule has 3 rings (SSSR count). The van der Waals surface area contributed by atoms with Crippen LogP contribution in [0.1, 0.15) is 29.0 Å². The maximum absolute atomic E-state index is 13.2. The van der Waals surface area contributed by atoms with E-state index in [-0.39, 0.29) is 10.2 Å². The highest BCUT2D eigenvalue weighted by Gasteiger charge is 2.30. The Labute approximate surface area is 145 Å². The van der Waals surface area contributed by atoms with E-state index in [1.165, 1.54) is 27.8 Å². The van der Waals surface area contributed by atoms with Gasteiger partial charge >= 0.3 is 0 Å². The second kappa shape index (κ2) is 6.74. The monoisotopic (exact) mass is 366 g/mol. The summed E-state index contributed by atoms with van der Waals surface area (Å²) >= 11 is 1.22. The molecule has 0 amide bonds. The fraction of sp³-hybridized carbons (Fsp3) is 0.353. The number of rotatable bonds is 3. The van der Waals surface area contributed by atoms with Gasteiger partial charge in [-0.2, -0.15) is 4.31 Å². The summed E-state index contributed by atoms with van der Waals surface area (Å²) < 4.78 is 40.2. The van der Waals surface area contributed by atoms with Gasteiger partial charge in [0.05, 0.1) is 5.69 Å². The third kappa shape index (κ3) is 3.58. The largest absolute Gasteiger partial charge is 0.270 e. The summed E-state index contributed by atoms with van der Waals surface area (Å²) in [4.78, 5) is 5.11. The van der Waals surface area contributed by atoms with Crippen LogP contribution in [0.4, 0.5) is 4.39 Å². The molecule has 0 aliphatic carbocycles. The number of benzene rings is 1. The fourth-order valence-corrected chi connectivity index (χ4v) is 5.54. The molecule has 1 aliphatic rings. The Morgan fingerprint density at radius 1 is 1.25 bits per heavy atom. The van der Waals surface area contributed by atoms with Gasteiger partial charge in [0.1, 0.15) is 5.82 Å². The Morgan fingerprint density at radius 3 is 2.54 bits per heavy atom. The Morgan fingerprint density at radius 2 is 1.96 bits per heavy atom. The second-order valence-electron chi connectivity index (χ2n) is 5.88. The zero-order valence-electron chi connectivity index (χ0n) is 13.6. The molecular formula is C17H19FN2O2S2. The first kappa shape index (κ1) is 17.3. The molecule has 0 bridgehead atoms. The molecule has 2 aromatic rings. The third-order valence-electron chi connectivity index (χ3n) is 4.15. The molecule has 0 N–H and O–H groups in total. The SMILES string of the molecule is Cc1nc(S(=O)(=O)N2CCC(=Cc3cccc(F)c3)CC2)sc1C. The minimum absolute atomic E-state index is 0.176. The number of halogens is 1. The van der Waals surface area contributed by atoms with Crippen LogP contribution in [0.25, 0.3) is 6.08 Å². The highest BCUT2D eigenvalue weighted by molar-refractivity contribution is 7.91. The minimum atomic E-state index is -3.51. The first-order chi connectivity index (χ1) is 11.4. The van der Waals surface area contributed by atoms with E-state index >= 15 is 0 Å². The van der Waals surface area contributed by atoms with Crippen molar-refractivity contribution < 1.29 is 12.8 Å². The molecule has 0 spiro atoms. The predicted molar refractivity (Wildman–Crippen MR) is 94.0 cm³/mol. The van der Waals surface area contributed by atoms with Gasteiger partial charge in [-0.15, -0.1) is 11.3 Å². The highest BCUT2D eigenvalue weighted by Crippen LogP contribution is 2.28. The number of sulfonamides is 1. The van der Waals surface area contributed by atoms with Crippen molar-refractivity contribution >= 4 is 27.4 Å². The number of hydrogen-bond donors (Lipinski definition) is 0. The first-order valence-electron chi connectivity index (χ1n) is 7.75. The highest BCUT2D eigenvalue weighted by atomic mass is 32.2. The standard InChI is InChI=1S/C17H19FN2O2S2/c1-12-13(2)23-17(19-12)24(21,22)20-8-6-14(7-9-20)10-15-4-3-5-16(18)11-15/h3-5,10-11H,6-9H2,1-2H3. The summed E-state index contributed by atoms with van der Waals surface area (Å²) in [5, 5.41) is 0. The molecule has 0 radical (unpaired) electrons. The summed E-state index contributed by atoms with van der Waals surface area (Å²) in [6.45, 7) is 4.56. The van der Waals surface area contributed by atoms with Crippen molar-refractivity contribution in [1.29, 1.82) is 0 Å². The van der Waals surface area contributed by atoms with Crippen LogP contribution in [0.3, 0.4) is 0 Å². The molecule has 4 nitrogen and oxygen atoms in total. The average Bonchev–Trinajstić information content (AvgIpc) is 2.88. The zero-order valence-corrected chi connectivity index (χ0v) is 15.3. The van der Waals surface area contributed by atoms with E-state index in [2.05, 4.69) is 4.98 Å². The molecule has 1 fully saturated rings. The summed E-state index contributed by atoms with van der Waals surface area (Å²) in [5.41, 5.74) is 2.72. The lowest BCUT2D eigenvalue weighted by Crippen LogP contribution is -2.36. The van der Waals surface area contributed by atoms with E-state index in [0.717, 1.165) is 21.7 Å². The van der Waals surface area contributed by atoms with Crippen molar-refractivity contribution in [2.45, 2.75) is 31.0 Å². The second-order valence-corrected chi connectivity index (χ2v) is 9.20. The lowest BCUT2D eigenvalue weighted by atomic mass is 10.0. The average molecular weight is 366 g/mol. The molecule has 0 atom stereocenters. The van der Waals surface area contributed by atoms with E-state index < -0.39 is 10.0 Å². The van der Waals surface area contributed by atoms with Gasteiger partial charge in [-0.3, -0.25) is 0 Å². The summed E-state index contributed by atoms with van der Waals surface area (Å²) in [5.74, 6) is -0.265. The van der Waals surface area contributed by atoms with E-state index in [1.807, 2.05) is 26.0 Å². The molecule has 24 heavy (non-hydrogen) atoms. The van der Waals surface area contributed by atoms with Crippen LogP contribution >= 0.6 is 11.3 Å². The van der Waals surface area contributed by atoms with Crippen molar-refractivity contribution in [2.24, 2.45) is 0 Å². The van der Waals surface area contributed by atoms with Gasteiger partial charge in [-0.1, -0.05) is 23.8 Å². The number of piperidine rings is 1. The van der Waals surface area contributed by atoms with E-state index in [4.69, 9.17) is 0 Å². The summed E-state index contributed by atoms with van der Waals surface area (Å²) in [6, 6.07) is 6.42. The van der Waals surface area contributed by atoms with E-state index in [9.17, 15) is 12.8 Å².